The van der Waals surface area contributed by atoms with Crippen molar-refractivity contribution in [2.45, 2.75) is 72.5 Å². The minimum absolute atomic E-state index is 0.00814. The number of hydrogen-bond donors (Lipinski definition) is 0. The number of carbonyl (C=O) groups is 3. The molecule has 0 unspecified atom stereocenters. The van der Waals surface area contributed by atoms with Crippen molar-refractivity contribution >= 4 is 68.1 Å². The molecule has 0 radical (unpaired) electrons. The van der Waals surface area contributed by atoms with Gasteiger partial charge < -0.3 is 47.0 Å². The number of hydrogen-bond acceptors (Lipinski definition) is 20. The molecule has 1 aliphatic heterocycles. The molecule has 22 nitrogen and oxygen atoms in total. The van der Waals surface area contributed by atoms with Gasteiger partial charge in [-0.1, -0.05) is 29.8 Å². The Kier molecular flexibility index (Phi) is 22.3. The van der Waals surface area contributed by atoms with E-state index in [1.54, 1.807) is 42.5 Å². The van der Waals surface area contributed by atoms with Crippen molar-refractivity contribution in [2.75, 3.05) is 107 Å². The zero-order valence-electron chi connectivity index (χ0n) is 49.4. The zero-order chi connectivity index (χ0) is 60.7. The third-order valence-corrected chi connectivity index (χ3v) is 16.1. The van der Waals surface area contributed by atoms with Crippen molar-refractivity contribution in [2.24, 2.45) is 4.99 Å². The second kappa shape index (κ2) is 30.3. The van der Waals surface area contributed by atoms with Crippen molar-refractivity contribution in [3.63, 3.8) is 0 Å². The monoisotopic (exact) mass is 1220 g/mol. The SMILES string of the molecule is COC(=O)C[C@@H]1N=C(c2ccc(Cl)cc2)c2c(sc(C(=O)CCCOCCOCCOCCOCCOCCOCCOCC(=O)Cn3c(=O)n([C@H](C)c4ccccn4)c4c5cc(OC)c(-c6c(C)coc6C)cc5ncc43)c2C)-n2c(C)nnc21. The number of aromatic nitrogens is 7. The number of thiophene rings is 1. The minimum atomic E-state index is -0.658. The number of fused-ring (bicyclic) bond motifs is 6. The maximum absolute atomic E-state index is 14.3. The van der Waals surface area contributed by atoms with E-state index in [4.69, 9.17) is 68.6 Å². The number of halogens is 1. The van der Waals surface area contributed by atoms with E-state index in [0.29, 0.717) is 140 Å². The fraction of sp³-hybridized carbons (Fsp3) is 0.435. The molecule has 2 atom stereocenters. The Balaban J connectivity index is 0.613. The molecule has 0 saturated heterocycles. The van der Waals surface area contributed by atoms with E-state index in [0.717, 1.165) is 44.1 Å². The fourth-order valence-corrected chi connectivity index (χ4v) is 11.7. The van der Waals surface area contributed by atoms with Gasteiger partial charge in [0, 0.05) is 51.9 Å². The fourth-order valence-electron chi connectivity index (χ4n) is 10.3. The summed E-state index contributed by atoms with van der Waals surface area (Å²) < 4.78 is 61.1. The number of pyridine rings is 2. The lowest BCUT2D eigenvalue weighted by Gasteiger charge is -2.15. The van der Waals surface area contributed by atoms with Crippen molar-refractivity contribution in [3.8, 4) is 21.9 Å². The molecule has 1 aliphatic rings. The third-order valence-electron chi connectivity index (χ3n) is 14.5. The predicted molar refractivity (Wildman–Crippen MR) is 323 cm³/mol. The van der Waals surface area contributed by atoms with Crippen LogP contribution in [0.4, 0.5) is 0 Å². The van der Waals surface area contributed by atoms with Crippen LogP contribution in [0.3, 0.4) is 0 Å². The summed E-state index contributed by atoms with van der Waals surface area (Å²) in [5, 5.41) is 10.8. The van der Waals surface area contributed by atoms with E-state index in [1.807, 2.05) is 81.7 Å². The quantitative estimate of drug-likeness (QED) is 0.0207. The highest BCUT2D eigenvalue weighted by Crippen LogP contribution is 2.42. The van der Waals surface area contributed by atoms with E-state index >= 15 is 0 Å². The first-order valence-corrected chi connectivity index (χ1v) is 29.6. The van der Waals surface area contributed by atoms with Crippen LogP contribution in [0.15, 0.2) is 87.5 Å². The normalized spacial score (nSPS) is 13.4. The largest absolute Gasteiger partial charge is 0.496 e. The maximum Gasteiger partial charge on any atom is 0.330 e. The smallest absolute Gasteiger partial charge is 0.330 e. The van der Waals surface area contributed by atoms with Gasteiger partial charge in [-0.3, -0.25) is 43.0 Å². The summed E-state index contributed by atoms with van der Waals surface area (Å²) in [4.78, 5) is 68.9. The van der Waals surface area contributed by atoms with Gasteiger partial charge in [-0.05, 0) is 88.6 Å². The predicted octanol–water partition coefficient (Wildman–Crippen LogP) is 8.96. The summed E-state index contributed by atoms with van der Waals surface area (Å²) in [7, 11) is 2.94. The number of methoxy groups -OCH3 is 2. The average molecular weight is 1220 g/mol. The molecule has 7 heterocycles. The topological polar surface area (TPSA) is 243 Å². The summed E-state index contributed by atoms with van der Waals surface area (Å²) in [6.45, 7) is 13.8. The third kappa shape index (κ3) is 14.9. The van der Waals surface area contributed by atoms with Gasteiger partial charge in [0.1, 0.15) is 35.0 Å². The van der Waals surface area contributed by atoms with Crippen LogP contribution in [0.1, 0.15) is 93.3 Å². The van der Waals surface area contributed by atoms with E-state index in [2.05, 4.69) is 15.2 Å². The molecule has 0 saturated carbocycles. The number of Topliss-reactive ketones (excluding diaryl/α,β-unsaturated/α-hetero) is 2. The van der Waals surface area contributed by atoms with Gasteiger partial charge in [0.2, 0.25) is 0 Å². The molecule has 0 bridgehead atoms. The lowest BCUT2D eigenvalue weighted by atomic mass is 9.98. The molecule has 24 heteroatoms. The van der Waals surface area contributed by atoms with Crippen LogP contribution >= 0.6 is 22.9 Å². The Labute approximate surface area is 506 Å². The number of rotatable bonds is 34. The van der Waals surface area contributed by atoms with Gasteiger partial charge >= 0.3 is 11.7 Å². The standard InChI is InChI=1S/C62H71ClN8O14S/c1-38-36-85-41(4)55(38)47-31-49-46(32-53(47)76-6)58-51(34-65-49)69(62(75)70(58)40(3)48-11-8-9-17-64-48)35-45(72)37-84-30-29-83-28-27-82-26-25-81-24-23-80-22-21-79-20-19-78-18-10-12-52(73)59-39(2)56-57(43-13-15-44(63)16-14-43)66-50(33-54(74)77-7)60-68-67-42(5)71(60)61(56)86-59/h8-9,11,13-17,31-32,34,36,40,50H,10,12,18-30,33,35,37H2,1-7H3/t40-,50+/m1/s1. The van der Waals surface area contributed by atoms with Crippen LogP contribution in [0.5, 0.6) is 5.75 Å². The Bertz CT molecular complexity index is 3700. The first kappa shape index (κ1) is 63.2. The zero-order valence-corrected chi connectivity index (χ0v) is 51.0. The Morgan fingerprint density at radius 1 is 0.779 bits per heavy atom. The number of carbonyl (C=O) groups excluding carboxylic acids is 3. The van der Waals surface area contributed by atoms with E-state index in [9.17, 15) is 19.2 Å². The van der Waals surface area contributed by atoms with Crippen LogP contribution < -0.4 is 10.4 Å². The van der Waals surface area contributed by atoms with Gasteiger partial charge in [0.05, 0.1) is 158 Å². The summed E-state index contributed by atoms with van der Waals surface area (Å²) in [5.74, 6) is 1.72. The number of imidazole rings is 1. The van der Waals surface area contributed by atoms with E-state index in [1.165, 1.54) is 23.0 Å². The summed E-state index contributed by atoms with van der Waals surface area (Å²) in [5.41, 5.74) is 7.75. The number of aryl methyl sites for hydroxylation is 3. The molecule has 0 fully saturated rings. The molecule has 9 rings (SSSR count). The molecule has 6 aromatic heterocycles. The number of ketones is 2. The second-order valence-corrected chi connectivity index (χ2v) is 21.8. The summed E-state index contributed by atoms with van der Waals surface area (Å²) in [6, 6.07) is 15.6. The highest BCUT2D eigenvalue weighted by Gasteiger charge is 2.34. The summed E-state index contributed by atoms with van der Waals surface area (Å²) in [6.07, 6.45) is 5.81. The van der Waals surface area contributed by atoms with Gasteiger partial charge in [-0.25, -0.2) is 4.79 Å². The highest BCUT2D eigenvalue weighted by molar-refractivity contribution is 7.17. The minimum Gasteiger partial charge on any atom is -0.496 e. The molecule has 456 valence electrons. The molecule has 0 amide bonds. The number of benzene rings is 2. The molecule has 86 heavy (non-hydrogen) atoms. The van der Waals surface area contributed by atoms with E-state index in [-0.39, 0.29) is 56.5 Å². The van der Waals surface area contributed by atoms with Crippen LogP contribution in [0.25, 0.3) is 38.1 Å². The molecule has 0 spiro atoms. The van der Waals surface area contributed by atoms with Crippen LogP contribution in [0, 0.1) is 27.7 Å². The molecule has 8 aromatic rings. The Morgan fingerprint density at radius 2 is 1.43 bits per heavy atom. The van der Waals surface area contributed by atoms with Gasteiger partial charge in [0.15, 0.2) is 17.4 Å². The van der Waals surface area contributed by atoms with Crippen LogP contribution in [0.2, 0.25) is 5.02 Å². The Morgan fingerprint density at radius 3 is 2.03 bits per heavy atom. The molecular formula is C62H71ClN8O14S. The molecule has 0 N–H and O–H groups in total. The van der Waals surface area contributed by atoms with Crippen LogP contribution in [-0.2, 0) is 54.0 Å². The van der Waals surface area contributed by atoms with Crippen LogP contribution in [-0.4, -0.2) is 164 Å². The average Bonchev–Trinajstić information content (AvgIpc) is 2.78. The van der Waals surface area contributed by atoms with Crippen molar-refractivity contribution in [1.82, 2.24) is 33.9 Å². The number of esters is 1. The van der Waals surface area contributed by atoms with Crippen molar-refractivity contribution < 1.29 is 61.4 Å². The lowest BCUT2D eigenvalue weighted by molar-refractivity contribution is -0.141. The molecule has 2 aromatic carbocycles. The van der Waals surface area contributed by atoms with Gasteiger partial charge in [-0.15, -0.1) is 21.5 Å². The first-order valence-electron chi connectivity index (χ1n) is 28.4. The second-order valence-electron chi connectivity index (χ2n) is 20.3. The van der Waals surface area contributed by atoms with Gasteiger partial charge in [0.25, 0.3) is 0 Å². The summed E-state index contributed by atoms with van der Waals surface area (Å²) >= 11 is 7.61. The number of nitrogens with zero attached hydrogens (tertiary/aromatic N) is 8. The number of furan rings is 1. The highest BCUT2D eigenvalue weighted by atomic mass is 35.5. The number of ether oxygens (including phenoxy) is 9. The van der Waals surface area contributed by atoms with E-state index < -0.39 is 18.1 Å². The van der Waals surface area contributed by atoms with Gasteiger partial charge in [-0.2, -0.15) is 0 Å². The number of aliphatic imine (C=N–C) groups is 1. The molecular weight excluding hydrogens is 1150 g/mol. The lowest BCUT2D eigenvalue weighted by Crippen LogP contribution is -2.30. The van der Waals surface area contributed by atoms with Crippen molar-refractivity contribution in [1.29, 1.82) is 0 Å². The Hall–Kier alpha value is -7.32. The maximum atomic E-state index is 14.3. The molecule has 0 aliphatic carbocycles. The first-order chi connectivity index (χ1) is 41.8. The van der Waals surface area contributed by atoms with Crippen molar-refractivity contribution in [3.05, 3.63) is 139 Å².